The van der Waals surface area contributed by atoms with Gasteiger partial charge in [-0.15, -0.1) is 23.2 Å². The second-order valence-electron chi connectivity index (χ2n) is 3.20. The van der Waals surface area contributed by atoms with E-state index < -0.39 is 16.7 Å². The first-order chi connectivity index (χ1) is 8.58. The minimum atomic E-state index is -0.716. The fourth-order valence-corrected chi connectivity index (χ4v) is 1.58. The van der Waals surface area contributed by atoms with Gasteiger partial charge in [0.15, 0.2) is 5.76 Å². The van der Waals surface area contributed by atoms with Gasteiger partial charge in [-0.3, -0.25) is 20.3 Å². The van der Waals surface area contributed by atoms with Crippen molar-refractivity contribution in [2.75, 3.05) is 24.8 Å². The lowest BCUT2D eigenvalue weighted by Gasteiger charge is -2.20. The number of hydrazine groups is 1. The highest BCUT2D eigenvalue weighted by molar-refractivity contribution is 6.18. The smallest absolute Gasteiger partial charge is 0.395 e. The van der Waals surface area contributed by atoms with E-state index >= 15 is 0 Å². The molecule has 0 atom stereocenters. The van der Waals surface area contributed by atoms with Crippen molar-refractivity contribution >= 4 is 35.0 Å². The quantitative estimate of drug-likeness (QED) is 0.469. The molecule has 1 N–H and O–H groups in total. The van der Waals surface area contributed by atoms with Gasteiger partial charge < -0.3 is 4.42 Å². The summed E-state index contributed by atoms with van der Waals surface area (Å²) in [5, 5.41) is 11.9. The summed E-state index contributed by atoms with van der Waals surface area (Å²) in [4.78, 5) is 21.4. The van der Waals surface area contributed by atoms with Gasteiger partial charge in [-0.1, -0.05) is 0 Å². The van der Waals surface area contributed by atoms with E-state index in [0.717, 1.165) is 6.07 Å². The average Bonchev–Trinajstić information content (AvgIpc) is 2.79. The van der Waals surface area contributed by atoms with Gasteiger partial charge in [0.2, 0.25) is 0 Å². The molecule has 0 aliphatic carbocycles. The number of hydrogen-bond acceptors (Lipinski definition) is 5. The molecule has 9 heteroatoms. The maximum atomic E-state index is 11.7. The lowest BCUT2D eigenvalue weighted by atomic mass is 10.4. The second kappa shape index (κ2) is 7.20. The number of furan rings is 1. The minimum Gasteiger partial charge on any atom is -0.395 e. The minimum absolute atomic E-state index is 0.143. The van der Waals surface area contributed by atoms with Crippen LogP contribution in [0.3, 0.4) is 0 Å². The molecule has 0 radical (unpaired) electrons. The predicted molar refractivity (Wildman–Crippen MR) is 65.8 cm³/mol. The standard InChI is InChI=1S/C9H11Cl2N3O4/c10-3-5-13(6-4-11)12-9(15)7-1-2-8(18-7)14(16)17/h1-2H,3-6H2,(H,12,15). The number of nitrogens with zero attached hydrogens (tertiary/aromatic N) is 2. The van der Waals surface area contributed by atoms with E-state index in [0.29, 0.717) is 24.8 Å². The summed E-state index contributed by atoms with van der Waals surface area (Å²) < 4.78 is 4.76. The number of alkyl halides is 2. The van der Waals surface area contributed by atoms with Crippen LogP contribution in [-0.4, -0.2) is 40.7 Å². The summed E-state index contributed by atoms with van der Waals surface area (Å²) in [5.74, 6) is -0.583. The summed E-state index contributed by atoms with van der Waals surface area (Å²) in [6.07, 6.45) is 0. The van der Waals surface area contributed by atoms with Crippen molar-refractivity contribution in [1.82, 2.24) is 10.4 Å². The van der Waals surface area contributed by atoms with Crippen molar-refractivity contribution in [3.05, 3.63) is 28.0 Å². The zero-order valence-electron chi connectivity index (χ0n) is 9.27. The third-order valence-electron chi connectivity index (χ3n) is 1.96. The molecule has 0 saturated heterocycles. The summed E-state index contributed by atoms with van der Waals surface area (Å²) in [7, 11) is 0. The van der Waals surface area contributed by atoms with E-state index in [-0.39, 0.29) is 5.76 Å². The molecule has 0 aliphatic heterocycles. The van der Waals surface area contributed by atoms with Crippen LogP contribution in [0.2, 0.25) is 0 Å². The fourth-order valence-electron chi connectivity index (χ4n) is 1.17. The molecule has 1 heterocycles. The normalized spacial score (nSPS) is 10.6. The number of carbonyl (C=O) groups excluding carboxylic acids is 1. The average molecular weight is 296 g/mol. The van der Waals surface area contributed by atoms with Gasteiger partial charge in [-0.2, -0.15) is 0 Å². The van der Waals surface area contributed by atoms with Crippen LogP contribution in [0.25, 0.3) is 0 Å². The predicted octanol–water partition coefficient (Wildman–Crippen LogP) is 1.61. The van der Waals surface area contributed by atoms with Crippen LogP contribution in [0.15, 0.2) is 16.5 Å². The van der Waals surface area contributed by atoms with Crippen LogP contribution >= 0.6 is 23.2 Å². The fraction of sp³-hybridized carbons (Fsp3) is 0.444. The third-order valence-corrected chi connectivity index (χ3v) is 2.30. The van der Waals surface area contributed by atoms with Crippen LogP contribution in [0, 0.1) is 10.1 Å². The second-order valence-corrected chi connectivity index (χ2v) is 3.96. The number of hydrogen-bond donors (Lipinski definition) is 1. The van der Waals surface area contributed by atoms with E-state index in [2.05, 4.69) is 5.43 Å². The molecular weight excluding hydrogens is 285 g/mol. The lowest BCUT2D eigenvalue weighted by Crippen LogP contribution is -2.44. The Hall–Kier alpha value is -1.31. The summed E-state index contributed by atoms with van der Waals surface area (Å²) in [6, 6.07) is 2.34. The van der Waals surface area contributed by atoms with Gasteiger partial charge in [0.05, 0.1) is 6.07 Å². The van der Waals surface area contributed by atoms with Crippen molar-refractivity contribution in [2.24, 2.45) is 0 Å². The maximum absolute atomic E-state index is 11.7. The van der Waals surface area contributed by atoms with Gasteiger partial charge in [0.1, 0.15) is 4.92 Å². The summed E-state index contributed by atoms with van der Waals surface area (Å²) in [6.45, 7) is 0.811. The molecule has 1 aromatic rings. The number of carbonyl (C=O) groups is 1. The first kappa shape index (κ1) is 14.7. The molecule has 0 aromatic carbocycles. The van der Waals surface area contributed by atoms with Crippen LogP contribution in [0.5, 0.6) is 0 Å². The highest BCUT2D eigenvalue weighted by Crippen LogP contribution is 2.15. The van der Waals surface area contributed by atoms with Gasteiger partial charge in [0, 0.05) is 24.8 Å². The van der Waals surface area contributed by atoms with E-state index in [9.17, 15) is 14.9 Å². The van der Waals surface area contributed by atoms with Gasteiger partial charge in [-0.25, -0.2) is 5.01 Å². The molecule has 1 aromatic heterocycles. The topological polar surface area (TPSA) is 88.6 Å². The summed E-state index contributed by atoms with van der Waals surface area (Å²) >= 11 is 11.1. The number of nitro groups is 1. The van der Waals surface area contributed by atoms with Crippen LogP contribution in [0.4, 0.5) is 5.88 Å². The molecule has 1 amide bonds. The van der Waals surface area contributed by atoms with Crippen molar-refractivity contribution in [1.29, 1.82) is 0 Å². The number of amides is 1. The third kappa shape index (κ3) is 4.17. The highest BCUT2D eigenvalue weighted by Gasteiger charge is 2.18. The lowest BCUT2D eigenvalue weighted by molar-refractivity contribution is -0.402. The van der Waals surface area contributed by atoms with Crippen LogP contribution in [-0.2, 0) is 0 Å². The molecule has 7 nitrogen and oxygen atoms in total. The molecule has 0 saturated carbocycles. The van der Waals surface area contributed by atoms with E-state index in [1.165, 1.54) is 11.1 Å². The largest absolute Gasteiger partial charge is 0.433 e. The first-order valence-electron chi connectivity index (χ1n) is 5.00. The van der Waals surface area contributed by atoms with Crippen molar-refractivity contribution in [2.45, 2.75) is 0 Å². The van der Waals surface area contributed by atoms with E-state index in [4.69, 9.17) is 27.6 Å². The Bertz CT molecular complexity index is 418. The Morgan fingerprint density at radius 2 is 2.00 bits per heavy atom. The maximum Gasteiger partial charge on any atom is 0.433 e. The Kier molecular flexibility index (Phi) is 5.90. The number of halogens is 2. The molecule has 1 rings (SSSR count). The SMILES string of the molecule is O=C(NN(CCCl)CCCl)c1ccc([N+](=O)[O-])o1. The van der Waals surface area contributed by atoms with Gasteiger partial charge in [-0.05, 0) is 6.07 Å². The van der Waals surface area contributed by atoms with E-state index in [1.807, 2.05) is 0 Å². The number of nitrogens with one attached hydrogen (secondary N) is 1. The van der Waals surface area contributed by atoms with Crippen molar-refractivity contribution < 1.29 is 14.1 Å². The van der Waals surface area contributed by atoms with Crippen LogP contribution in [0.1, 0.15) is 10.6 Å². The molecular formula is C9H11Cl2N3O4. The Morgan fingerprint density at radius 1 is 1.39 bits per heavy atom. The Balaban J connectivity index is 2.64. The molecule has 0 unspecified atom stereocenters. The molecule has 100 valence electrons. The van der Waals surface area contributed by atoms with Gasteiger partial charge in [0.25, 0.3) is 0 Å². The molecule has 0 aliphatic rings. The monoisotopic (exact) mass is 295 g/mol. The van der Waals surface area contributed by atoms with E-state index in [1.54, 1.807) is 0 Å². The van der Waals surface area contributed by atoms with Gasteiger partial charge >= 0.3 is 11.8 Å². The molecule has 18 heavy (non-hydrogen) atoms. The number of rotatable bonds is 7. The van der Waals surface area contributed by atoms with Crippen molar-refractivity contribution in [3.8, 4) is 0 Å². The Morgan fingerprint density at radius 3 is 2.44 bits per heavy atom. The molecule has 0 spiro atoms. The molecule has 0 bridgehead atoms. The first-order valence-corrected chi connectivity index (χ1v) is 6.07. The summed E-state index contributed by atoms with van der Waals surface area (Å²) in [5.41, 5.74) is 2.50. The molecule has 0 fully saturated rings. The van der Waals surface area contributed by atoms with Crippen LogP contribution < -0.4 is 5.43 Å². The zero-order valence-corrected chi connectivity index (χ0v) is 10.8. The van der Waals surface area contributed by atoms with Crippen molar-refractivity contribution in [3.63, 3.8) is 0 Å². The zero-order chi connectivity index (χ0) is 13.5. The Labute approximate surface area is 113 Å². The highest BCUT2D eigenvalue weighted by atomic mass is 35.5.